The summed E-state index contributed by atoms with van der Waals surface area (Å²) in [5.41, 5.74) is 2.25. The monoisotopic (exact) mass is 466 g/mol. The molecule has 11 heteroatoms. The minimum absolute atomic E-state index is 0.232. The summed E-state index contributed by atoms with van der Waals surface area (Å²) in [6.45, 7) is 1.54. The van der Waals surface area contributed by atoms with Gasteiger partial charge in [0, 0.05) is 5.56 Å². The normalized spacial score (nSPS) is 11.2. The molecule has 0 saturated heterocycles. The second-order valence-corrected chi connectivity index (χ2v) is 9.71. The van der Waals surface area contributed by atoms with Crippen LogP contribution in [0, 0.1) is 6.92 Å². The Bertz CT molecular complexity index is 1160. The molecule has 1 amide bonds. The molecule has 1 aromatic heterocycles. The van der Waals surface area contributed by atoms with Crippen LogP contribution in [0.2, 0.25) is 5.02 Å². The molecule has 0 fully saturated rings. The molecule has 0 atom stereocenters. The van der Waals surface area contributed by atoms with Crippen molar-refractivity contribution in [3.63, 3.8) is 0 Å². The number of halogens is 1. The average molecular weight is 467 g/mol. The topological polar surface area (TPSA) is 101 Å². The molecule has 30 heavy (non-hydrogen) atoms. The summed E-state index contributed by atoms with van der Waals surface area (Å²) >= 11 is 7.30. The summed E-state index contributed by atoms with van der Waals surface area (Å²) in [6, 6.07) is 12.2. The maximum Gasteiger partial charge on any atom is 0.246 e. The molecule has 0 bridgehead atoms. The SMILES string of the molecule is COc1ccc(N(CC(=O)Nc2nnc(-c3ccc(C)cc3)s2)S(C)(=O)=O)cc1Cl. The van der Waals surface area contributed by atoms with Gasteiger partial charge in [-0.3, -0.25) is 14.4 Å². The maximum absolute atomic E-state index is 12.5. The molecule has 0 spiro atoms. The van der Waals surface area contributed by atoms with Crippen molar-refractivity contribution >= 4 is 49.7 Å². The van der Waals surface area contributed by atoms with E-state index in [9.17, 15) is 13.2 Å². The molecule has 8 nitrogen and oxygen atoms in total. The van der Waals surface area contributed by atoms with E-state index in [1.54, 1.807) is 0 Å². The van der Waals surface area contributed by atoms with Gasteiger partial charge in [-0.05, 0) is 25.1 Å². The van der Waals surface area contributed by atoms with Crippen molar-refractivity contribution < 1.29 is 17.9 Å². The fourth-order valence-electron chi connectivity index (χ4n) is 2.59. The number of aromatic nitrogens is 2. The van der Waals surface area contributed by atoms with Crippen LogP contribution >= 0.6 is 22.9 Å². The second-order valence-electron chi connectivity index (χ2n) is 6.42. The Kier molecular flexibility index (Phi) is 6.59. The number of hydrogen-bond acceptors (Lipinski definition) is 7. The highest BCUT2D eigenvalue weighted by atomic mass is 35.5. The van der Waals surface area contributed by atoms with E-state index in [1.165, 1.54) is 36.6 Å². The molecule has 0 saturated carbocycles. The van der Waals surface area contributed by atoms with E-state index in [0.29, 0.717) is 10.8 Å². The van der Waals surface area contributed by atoms with Gasteiger partial charge in [0.15, 0.2) is 0 Å². The second kappa shape index (κ2) is 8.99. The van der Waals surface area contributed by atoms with E-state index in [4.69, 9.17) is 16.3 Å². The molecule has 2 aromatic carbocycles. The molecule has 158 valence electrons. The summed E-state index contributed by atoms with van der Waals surface area (Å²) in [4.78, 5) is 12.5. The Balaban J connectivity index is 1.76. The molecule has 0 radical (unpaired) electrons. The first-order valence-electron chi connectivity index (χ1n) is 8.69. The van der Waals surface area contributed by atoms with Crippen molar-refractivity contribution in [2.75, 3.05) is 29.5 Å². The number of methoxy groups -OCH3 is 1. The third kappa shape index (κ3) is 5.26. The van der Waals surface area contributed by atoms with Crippen molar-refractivity contribution in [1.82, 2.24) is 10.2 Å². The Labute approximate surface area is 183 Å². The number of hydrogen-bond donors (Lipinski definition) is 1. The number of carbonyl (C=O) groups is 1. The lowest BCUT2D eigenvalue weighted by atomic mass is 10.2. The van der Waals surface area contributed by atoms with Crippen LogP contribution in [0.4, 0.5) is 10.8 Å². The zero-order valence-corrected chi connectivity index (χ0v) is 18.8. The first-order valence-corrected chi connectivity index (χ1v) is 11.7. The zero-order chi connectivity index (χ0) is 21.9. The van der Waals surface area contributed by atoms with Crippen LogP contribution in [0.3, 0.4) is 0 Å². The summed E-state index contributed by atoms with van der Waals surface area (Å²) < 4.78 is 30.5. The van der Waals surface area contributed by atoms with Crippen LogP contribution in [0.15, 0.2) is 42.5 Å². The number of nitrogens with one attached hydrogen (secondary N) is 1. The number of anilines is 2. The van der Waals surface area contributed by atoms with Crippen molar-refractivity contribution in [1.29, 1.82) is 0 Å². The Hall–Kier alpha value is -2.69. The lowest BCUT2D eigenvalue weighted by Gasteiger charge is -2.22. The summed E-state index contributed by atoms with van der Waals surface area (Å²) in [5, 5.41) is 11.8. The Morgan fingerprint density at radius 1 is 1.20 bits per heavy atom. The van der Waals surface area contributed by atoms with Gasteiger partial charge in [-0.2, -0.15) is 0 Å². The average Bonchev–Trinajstić information content (AvgIpc) is 3.14. The van der Waals surface area contributed by atoms with E-state index in [1.807, 2.05) is 31.2 Å². The van der Waals surface area contributed by atoms with Crippen molar-refractivity contribution in [3.8, 4) is 16.3 Å². The van der Waals surface area contributed by atoms with E-state index in [0.717, 1.165) is 21.7 Å². The minimum atomic E-state index is -3.74. The number of benzene rings is 2. The molecular formula is C19H19ClN4O4S2. The number of carbonyl (C=O) groups excluding carboxylic acids is 1. The highest BCUT2D eigenvalue weighted by Crippen LogP contribution is 2.30. The number of aryl methyl sites for hydroxylation is 1. The van der Waals surface area contributed by atoms with Crippen LogP contribution < -0.4 is 14.4 Å². The third-order valence-electron chi connectivity index (χ3n) is 4.08. The molecular weight excluding hydrogens is 448 g/mol. The largest absolute Gasteiger partial charge is 0.495 e. The van der Waals surface area contributed by atoms with Crippen molar-refractivity contribution in [2.45, 2.75) is 6.92 Å². The van der Waals surface area contributed by atoms with Gasteiger partial charge in [-0.1, -0.05) is 52.8 Å². The highest BCUT2D eigenvalue weighted by molar-refractivity contribution is 7.92. The van der Waals surface area contributed by atoms with Crippen LogP contribution in [0.5, 0.6) is 5.75 Å². The number of sulfonamides is 1. The molecule has 0 aliphatic heterocycles. The van der Waals surface area contributed by atoms with Gasteiger partial charge in [0.2, 0.25) is 21.1 Å². The van der Waals surface area contributed by atoms with Crippen LogP contribution in [0.25, 0.3) is 10.6 Å². The van der Waals surface area contributed by atoms with E-state index in [-0.39, 0.29) is 15.8 Å². The lowest BCUT2D eigenvalue weighted by molar-refractivity contribution is -0.114. The van der Waals surface area contributed by atoms with Crippen molar-refractivity contribution in [2.24, 2.45) is 0 Å². The minimum Gasteiger partial charge on any atom is -0.495 e. The van der Waals surface area contributed by atoms with Gasteiger partial charge in [0.1, 0.15) is 17.3 Å². The summed E-state index contributed by atoms with van der Waals surface area (Å²) in [6.07, 6.45) is 1.01. The standard InChI is InChI=1S/C19H19ClN4O4S2/c1-12-4-6-13(7-5-12)18-22-23-19(29-18)21-17(25)11-24(30(3,26)27)14-8-9-16(28-2)15(20)10-14/h4-10H,11H2,1-3H3,(H,21,23,25). The fraction of sp³-hybridized carbons (Fsp3) is 0.211. The number of amides is 1. The third-order valence-corrected chi connectivity index (χ3v) is 6.40. The van der Waals surface area contributed by atoms with Crippen LogP contribution in [-0.4, -0.2) is 44.4 Å². The van der Waals surface area contributed by atoms with Crippen LogP contribution in [0.1, 0.15) is 5.56 Å². The molecule has 1 heterocycles. The smallest absolute Gasteiger partial charge is 0.246 e. The van der Waals surface area contributed by atoms with Crippen molar-refractivity contribution in [3.05, 3.63) is 53.1 Å². The zero-order valence-electron chi connectivity index (χ0n) is 16.4. The molecule has 0 aliphatic carbocycles. The lowest BCUT2D eigenvalue weighted by Crippen LogP contribution is -2.37. The predicted octanol–water partition coefficient (Wildman–Crippen LogP) is 3.58. The Morgan fingerprint density at radius 3 is 2.50 bits per heavy atom. The molecule has 0 aliphatic rings. The van der Waals surface area contributed by atoms with E-state index in [2.05, 4.69) is 15.5 Å². The molecule has 1 N–H and O–H groups in total. The summed E-state index contributed by atoms with van der Waals surface area (Å²) in [7, 11) is -2.29. The fourth-order valence-corrected chi connectivity index (χ4v) is 4.45. The van der Waals surface area contributed by atoms with Gasteiger partial charge >= 0.3 is 0 Å². The summed E-state index contributed by atoms with van der Waals surface area (Å²) in [5.74, 6) is -0.158. The first-order chi connectivity index (χ1) is 14.2. The Morgan fingerprint density at radius 2 is 1.90 bits per heavy atom. The van der Waals surface area contributed by atoms with Gasteiger partial charge in [-0.25, -0.2) is 8.42 Å². The van der Waals surface area contributed by atoms with Crippen LogP contribution in [-0.2, 0) is 14.8 Å². The molecule has 0 unspecified atom stereocenters. The molecule has 3 aromatic rings. The molecule has 3 rings (SSSR count). The van der Waals surface area contributed by atoms with E-state index >= 15 is 0 Å². The van der Waals surface area contributed by atoms with E-state index < -0.39 is 22.5 Å². The van der Waals surface area contributed by atoms with Gasteiger partial charge in [0.05, 0.1) is 24.1 Å². The van der Waals surface area contributed by atoms with Gasteiger partial charge in [0.25, 0.3) is 0 Å². The predicted molar refractivity (Wildman–Crippen MR) is 119 cm³/mol. The number of ether oxygens (including phenoxy) is 1. The first kappa shape index (κ1) is 22.0. The number of nitrogens with zero attached hydrogens (tertiary/aromatic N) is 3. The van der Waals surface area contributed by atoms with Gasteiger partial charge in [-0.15, -0.1) is 10.2 Å². The quantitative estimate of drug-likeness (QED) is 0.571. The highest BCUT2D eigenvalue weighted by Gasteiger charge is 2.22. The van der Waals surface area contributed by atoms with Gasteiger partial charge < -0.3 is 4.74 Å². The number of rotatable bonds is 7. The maximum atomic E-state index is 12.5.